The second-order valence-electron chi connectivity index (χ2n) is 4.85. The topological polar surface area (TPSA) is 32.3 Å². The van der Waals surface area contributed by atoms with Crippen molar-refractivity contribution in [3.63, 3.8) is 0 Å². The molecule has 0 saturated heterocycles. The Morgan fingerprint density at radius 1 is 1.05 bits per heavy atom. The van der Waals surface area contributed by atoms with Crippen molar-refractivity contribution in [1.82, 2.24) is 0 Å². The zero-order chi connectivity index (χ0) is 14.5. The van der Waals surface area contributed by atoms with E-state index >= 15 is 0 Å². The molecule has 1 unspecified atom stereocenters. The summed E-state index contributed by atoms with van der Waals surface area (Å²) < 4.78 is 0. The Kier molecular flexibility index (Phi) is 5.30. The van der Waals surface area contributed by atoms with Crippen LogP contribution in [0.2, 0.25) is 10.0 Å². The van der Waals surface area contributed by atoms with Crippen LogP contribution in [0.5, 0.6) is 0 Å². The molecule has 2 nitrogen and oxygen atoms in total. The van der Waals surface area contributed by atoms with Gasteiger partial charge in [-0.1, -0.05) is 53.0 Å². The molecule has 0 aliphatic carbocycles. The third-order valence-corrected chi connectivity index (χ3v) is 3.79. The van der Waals surface area contributed by atoms with Gasteiger partial charge in [0, 0.05) is 18.7 Å². The first-order chi connectivity index (χ1) is 9.54. The van der Waals surface area contributed by atoms with E-state index in [1.54, 1.807) is 12.1 Å². The SMILES string of the molecule is Cc1ccc(CC(O)CNc2ccc(Cl)c(Cl)c2)cc1. The number of aliphatic hydroxyl groups is 1. The maximum atomic E-state index is 10.0. The van der Waals surface area contributed by atoms with Gasteiger partial charge in [0.25, 0.3) is 0 Å². The largest absolute Gasteiger partial charge is 0.391 e. The van der Waals surface area contributed by atoms with E-state index in [2.05, 4.69) is 17.4 Å². The Bertz CT molecular complexity index is 569. The first-order valence-corrected chi connectivity index (χ1v) is 7.23. The van der Waals surface area contributed by atoms with Crippen LogP contribution in [0.15, 0.2) is 42.5 Å². The van der Waals surface area contributed by atoms with Gasteiger partial charge in [-0.3, -0.25) is 0 Å². The van der Waals surface area contributed by atoms with Crippen molar-refractivity contribution in [2.45, 2.75) is 19.4 Å². The van der Waals surface area contributed by atoms with Crippen molar-refractivity contribution in [2.24, 2.45) is 0 Å². The van der Waals surface area contributed by atoms with Gasteiger partial charge in [0.2, 0.25) is 0 Å². The van der Waals surface area contributed by atoms with Gasteiger partial charge in [0.05, 0.1) is 16.1 Å². The highest BCUT2D eigenvalue weighted by Gasteiger charge is 2.06. The van der Waals surface area contributed by atoms with Crippen molar-refractivity contribution in [2.75, 3.05) is 11.9 Å². The summed E-state index contributed by atoms with van der Waals surface area (Å²) in [5, 5.41) is 14.2. The van der Waals surface area contributed by atoms with Gasteiger partial charge >= 0.3 is 0 Å². The number of rotatable bonds is 5. The maximum absolute atomic E-state index is 10.0. The third kappa shape index (κ3) is 4.41. The molecule has 0 aromatic heterocycles. The molecule has 2 aromatic rings. The van der Waals surface area contributed by atoms with Crippen LogP contribution in [0.25, 0.3) is 0 Å². The molecule has 0 saturated carbocycles. The molecule has 0 heterocycles. The summed E-state index contributed by atoms with van der Waals surface area (Å²) in [4.78, 5) is 0. The Hall–Kier alpha value is -1.22. The van der Waals surface area contributed by atoms with Crippen molar-refractivity contribution < 1.29 is 5.11 Å². The van der Waals surface area contributed by atoms with Crippen LogP contribution < -0.4 is 5.32 Å². The second-order valence-corrected chi connectivity index (χ2v) is 5.67. The maximum Gasteiger partial charge on any atom is 0.0752 e. The van der Waals surface area contributed by atoms with Gasteiger partial charge in [0.1, 0.15) is 0 Å². The minimum Gasteiger partial charge on any atom is -0.391 e. The fourth-order valence-corrected chi connectivity index (χ4v) is 2.21. The lowest BCUT2D eigenvalue weighted by molar-refractivity contribution is 0.188. The van der Waals surface area contributed by atoms with Crippen LogP contribution >= 0.6 is 23.2 Å². The fourth-order valence-electron chi connectivity index (χ4n) is 1.91. The molecule has 0 amide bonds. The Morgan fingerprint density at radius 3 is 2.40 bits per heavy atom. The minimum absolute atomic E-state index is 0.452. The van der Waals surface area contributed by atoms with E-state index in [0.29, 0.717) is 23.0 Å². The van der Waals surface area contributed by atoms with Crippen molar-refractivity contribution in [1.29, 1.82) is 0 Å². The average Bonchev–Trinajstić information content (AvgIpc) is 2.43. The quantitative estimate of drug-likeness (QED) is 0.862. The predicted octanol–water partition coefficient (Wildman–Crippen LogP) is 4.32. The van der Waals surface area contributed by atoms with Gasteiger partial charge in [-0.15, -0.1) is 0 Å². The molecule has 0 bridgehead atoms. The fraction of sp³-hybridized carbons (Fsp3) is 0.250. The number of anilines is 1. The zero-order valence-electron chi connectivity index (χ0n) is 11.2. The molecule has 0 spiro atoms. The van der Waals surface area contributed by atoms with E-state index in [0.717, 1.165) is 11.3 Å². The van der Waals surface area contributed by atoms with Crippen LogP contribution in [0.1, 0.15) is 11.1 Å². The highest BCUT2D eigenvalue weighted by molar-refractivity contribution is 6.42. The van der Waals surface area contributed by atoms with E-state index in [1.807, 2.05) is 25.1 Å². The average molecular weight is 310 g/mol. The summed E-state index contributed by atoms with van der Waals surface area (Å²) in [6.45, 7) is 2.51. The van der Waals surface area contributed by atoms with Crippen molar-refractivity contribution >= 4 is 28.9 Å². The second kappa shape index (κ2) is 6.98. The Morgan fingerprint density at radius 2 is 1.75 bits per heavy atom. The summed E-state index contributed by atoms with van der Waals surface area (Å²) in [6.07, 6.45) is 0.168. The van der Waals surface area contributed by atoms with Crippen LogP contribution in [0.3, 0.4) is 0 Å². The molecule has 0 radical (unpaired) electrons. The molecule has 0 fully saturated rings. The third-order valence-electron chi connectivity index (χ3n) is 3.05. The van der Waals surface area contributed by atoms with E-state index in [-0.39, 0.29) is 0 Å². The molecule has 2 N–H and O–H groups in total. The van der Waals surface area contributed by atoms with E-state index in [1.165, 1.54) is 5.56 Å². The lowest BCUT2D eigenvalue weighted by atomic mass is 10.1. The molecule has 1 atom stereocenters. The van der Waals surface area contributed by atoms with E-state index < -0.39 is 6.10 Å². The Labute approximate surface area is 129 Å². The first-order valence-electron chi connectivity index (χ1n) is 6.47. The number of benzene rings is 2. The smallest absolute Gasteiger partial charge is 0.0752 e. The monoisotopic (exact) mass is 309 g/mol. The number of aryl methyl sites for hydroxylation is 1. The number of hydrogen-bond acceptors (Lipinski definition) is 2. The van der Waals surface area contributed by atoms with Gasteiger partial charge < -0.3 is 10.4 Å². The van der Waals surface area contributed by atoms with E-state index in [4.69, 9.17) is 23.2 Å². The molecular formula is C16H17Cl2NO. The lowest BCUT2D eigenvalue weighted by Gasteiger charge is -2.13. The number of halogens is 2. The molecule has 4 heteroatoms. The summed E-state index contributed by atoms with van der Waals surface area (Å²) in [5.74, 6) is 0. The number of hydrogen-bond donors (Lipinski definition) is 2. The van der Waals surface area contributed by atoms with Crippen LogP contribution in [-0.2, 0) is 6.42 Å². The van der Waals surface area contributed by atoms with Crippen molar-refractivity contribution in [3.8, 4) is 0 Å². The first kappa shape index (κ1) is 15.2. The minimum atomic E-state index is -0.452. The molecule has 0 aliphatic rings. The van der Waals surface area contributed by atoms with Gasteiger partial charge in [-0.2, -0.15) is 0 Å². The Balaban J connectivity index is 1.86. The molecule has 20 heavy (non-hydrogen) atoms. The molecule has 2 aromatic carbocycles. The van der Waals surface area contributed by atoms with Gasteiger partial charge in [-0.25, -0.2) is 0 Å². The number of nitrogens with one attached hydrogen (secondary N) is 1. The summed E-state index contributed by atoms with van der Waals surface area (Å²) in [6, 6.07) is 13.5. The van der Waals surface area contributed by atoms with E-state index in [9.17, 15) is 5.11 Å². The van der Waals surface area contributed by atoms with Gasteiger partial charge in [-0.05, 0) is 30.7 Å². The summed E-state index contributed by atoms with van der Waals surface area (Å²) in [5.41, 5.74) is 3.19. The zero-order valence-corrected chi connectivity index (χ0v) is 12.7. The molecule has 2 rings (SSSR count). The standard InChI is InChI=1S/C16H17Cl2NO/c1-11-2-4-12(5-3-11)8-14(20)10-19-13-6-7-15(17)16(18)9-13/h2-7,9,14,19-20H,8,10H2,1H3. The highest BCUT2D eigenvalue weighted by atomic mass is 35.5. The molecule has 106 valence electrons. The van der Waals surface area contributed by atoms with Gasteiger partial charge in [0.15, 0.2) is 0 Å². The van der Waals surface area contributed by atoms with Crippen LogP contribution in [0, 0.1) is 6.92 Å². The molecule has 0 aliphatic heterocycles. The number of aliphatic hydroxyl groups excluding tert-OH is 1. The van der Waals surface area contributed by atoms with Crippen LogP contribution in [-0.4, -0.2) is 17.8 Å². The molecular weight excluding hydrogens is 293 g/mol. The highest BCUT2D eigenvalue weighted by Crippen LogP contribution is 2.24. The predicted molar refractivity (Wildman–Crippen MR) is 85.8 cm³/mol. The van der Waals surface area contributed by atoms with Crippen LogP contribution in [0.4, 0.5) is 5.69 Å². The summed E-state index contributed by atoms with van der Waals surface area (Å²) in [7, 11) is 0. The normalized spacial score (nSPS) is 12.2. The van der Waals surface area contributed by atoms with Crippen molar-refractivity contribution in [3.05, 3.63) is 63.6 Å². The lowest BCUT2D eigenvalue weighted by Crippen LogP contribution is -2.21. The summed E-state index contributed by atoms with van der Waals surface area (Å²) >= 11 is 11.8.